The second-order valence-corrected chi connectivity index (χ2v) is 5.52. The minimum atomic E-state index is -3.26. The summed E-state index contributed by atoms with van der Waals surface area (Å²) in [6.07, 6.45) is 0. The average Bonchev–Trinajstić information content (AvgIpc) is 2.29. The highest BCUT2D eigenvalue weighted by Gasteiger charge is 2.12. The molecule has 0 fully saturated rings. The standard InChI is InChI=1S/C10H12N2O4S/c1-2-17(15,16)8-5-3-7(4-6-8)12-10(14)9(11)13/h3-6H,2H2,1H3,(H2,11,13)(H,12,14). The Morgan fingerprint density at radius 2 is 1.76 bits per heavy atom. The van der Waals surface area contributed by atoms with Crippen molar-refractivity contribution in [1.82, 2.24) is 0 Å². The summed E-state index contributed by atoms with van der Waals surface area (Å²) in [6.45, 7) is 1.54. The molecular formula is C10H12N2O4S. The molecule has 1 aromatic carbocycles. The van der Waals surface area contributed by atoms with Crippen LogP contribution in [0.15, 0.2) is 29.2 Å². The van der Waals surface area contributed by atoms with Crippen molar-refractivity contribution in [2.75, 3.05) is 11.1 Å². The van der Waals surface area contributed by atoms with Crippen molar-refractivity contribution in [3.05, 3.63) is 24.3 Å². The number of carbonyl (C=O) groups excluding carboxylic acids is 2. The lowest BCUT2D eigenvalue weighted by atomic mass is 10.3. The van der Waals surface area contributed by atoms with Crippen molar-refractivity contribution in [3.63, 3.8) is 0 Å². The molecule has 17 heavy (non-hydrogen) atoms. The maximum absolute atomic E-state index is 11.5. The van der Waals surface area contributed by atoms with Gasteiger partial charge in [0.25, 0.3) is 0 Å². The van der Waals surface area contributed by atoms with E-state index in [2.05, 4.69) is 5.32 Å². The number of rotatable bonds is 3. The smallest absolute Gasteiger partial charge is 0.313 e. The van der Waals surface area contributed by atoms with Crippen molar-refractivity contribution < 1.29 is 18.0 Å². The van der Waals surface area contributed by atoms with E-state index in [1.54, 1.807) is 0 Å². The predicted molar refractivity (Wildman–Crippen MR) is 62.0 cm³/mol. The maximum atomic E-state index is 11.5. The van der Waals surface area contributed by atoms with Crippen LogP contribution in [-0.4, -0.2) is 26.0 Å². The molecular weight excluding hydrogens is 244 g/mol. The van der Waals surface area contributed by atoms with Crippen molar-refractivity contribution in [2.45, 2.75) is 11.8 Å². The first-order valence-corrected chi connectivity index (χ1v) is 6.45. The lowest BCUT2D eigenvalue weighted by molar-refractivity contribution is -0.134. The van der Waals surface area contributed by atoms with E-state index < -0.39 is 21.7 Å². The van der Waals surface area contributed by atoms with E-state index in [1.807, 2.05) is 0 Å². The molecule has 1 rings (SSSR count). The van der Waals surface area contributed by atoms with Gasteiger partial charge in [0.05, 0.1) is 10.6 Å². The Morgan fingerprint density at radius 1 is 1.24 bits per heavy atom. The number of hydrogen-bond donors (Lipinski definition) is 2. The van der Waals surface area contributed by atoms with E-state index in [0.29, 0.717) is 5.69 Å². The number of nitrogens with two attached hydrogens (primary N) is 1. The van der Waals surface area contributed by atoms with Crippen molar-refractivity contribution in [1.29, 1.82) is 0 Å². The van der Waals surface area contributed by atoms with Gasteiger partial charge in [0, 0.05) is 5.69 Å². The summed E-state index contributed by atoms with van der Waals surface area (Å²) in [5.41, 5.74) is 5.07. The zero-order valence-corrected chi connectivity index (χ0v) is 9.95. The predicted octanol–water partition coefficient (Wildman–Crippen LogP) is -0.0960. The van der Waals surface area contributed by atoms with Crippen LogP contribution >= 0.6 is 0 Å². The molecule has 0 saturated heterocycles. The van der Waals surface area contributed by atoms with E-state index in [1.165, 1.54) is 31.2 Å². The van der Waals surface area contributed by atoms with Gasteiger partial charge < -0.3 is 11.1 Å². The number of primary amides is 1. The molecule has 0 bridgehead atoms. The van der Waals surface area contributed by atoms with Crippen LogP contribution in [0.2, 0.25) is 0 Å². The Hall–Kier alpha value is -1.89. The van der Waals surface area contributed by atoms with Crippen LogP contribution in [0.5, 0.6) is 0 Å². The van der Waals surface area contributed by atoms with Gasteiger partial charge in [-0.15, -0.1) is 0 Å². The topological polar surface area (TPSA) is 106 Å². The molecule has 0 aliphatic heterocycles. The monoisotopic (exact) mass is 256 g/mol. The zero-order chi connectivity index (χ0) is 13.1. The number of hydrogen-bond acceptors (Lipinski definition) is 4. The quantitative estimate of drug-likeness (QED) is 0.736. The molecule has 0 aliphatic rings. The van der Waals surface area contributed by atoms with Gasteiger partial charge in [0.2, 0.25) is 0 Å². The van der Waals surface area contributed by atoms with Crippen molar-refractivity contribution in [2.24, 2.45) is 5.73 Å². The number of nitrogens with one attached hydrogen (secondary N) is 1. The largest absolute Gasteiger partial charge is 0.361 e. The number of amides is 2. The fraction of sp³-hybridized carbons (Fsp3) is 0.200. The van der Waals surface area contributed by atoms with Crippen molar-refractivity contribution in [3.8, 4) is 0 Å². The Balaban J connectivity index is 2.90. The molecule has 0 spiro atoms. The van der Waals surface area contributed by atoms with Crippen molar-refractivity contribution >= 4 is 27.3 Å². The molecule has 3 N–H and O–H groups in total. The zero-order valence-electron chi connectivity index (χ0n) is 9.14. The minimum absolute atomic E-state index is 0.00000821. The van der Waals surface area contributed by atoms with E-state index in [0.717, 1.165) is 0 Å². The van der Waals surface area contributed by atoms with Gasteiger partial charge in [0.1, 0.15) is 0 Å². The van der Waals surface area contributed by atoms with E-state index in [4.69, 9.17) is 5.73 Å². The fourth-order valence-electron chi connectivity index (χ4n) is 1.10. The van der Waals surface area contributed by atoms with Gasteiger partial charge in [-0.3, -0.25) is 9.59 Å². The molecule has 0 heterocycles. The van der Waals surface area contributed by atoms with Gasteiger partial charge >= 0.3 is 11.8 Å². The average molecular weight is 256 g/mol. The first-order chi connectivity index (χ1) is 7.86. The summed E-state index contributed by atoms with van der Waals surface area (Å²) in [4.78, 5) is 21.6. The SMILES string of the molecule is CCS(=O)(=O)c1ccc(NC(=O)C(N)=O)cc1. The summed E-state index contributed by atoms with van der Waals surface area (Å²) in [5.74, 6) is -2.05. The Morgan fingerprint density at radius 3 is 2.18 bits per heavy atom. The third-order valence-corrected chi connectivity index (χ3v) is 3.83. The third kappa shape index (κ3) is 3.28. The summed E-state index contributed by atoms with van der Waals surface area (Å²) in [5, 5.41) is 2.23. The van der Waals surface area contributed by atoms with Crippen LogP contribution in [0.4, 0.5) is 5.69 Å². The second kappa shape index (κ2) is 4.96. The Bertz CT molecular complexity index is 534. The van der Waals surface area contributed by atoms with E-state index >= 15 is 0 Å². The molecule has 0 radical (unpaired) electrons. The van der Waals surface area contributed by atoms with E-state index in [9.17, 15) is 18.0 Å². The minimum Gasteiger partial charge on any atom is -0.361 e. The molecule has 92 valence electrons. The maximum Gasteiger partial charge on any atom is 0.313 e. The molecule has 1 aromatic rings. The molecule has 2 amide bonds. The van der Waals surface area contributed by atoms with Gasteiger partial charge in [0.15, 0.2) is 9.84 Å². The molecule has 0 atom stereocenters. The Labute approximate surface area is 98.7 Å². The summed E-state index contributed by atoms with van der Waals surface area (Å²) >= 11 is 0. The number of anilines is 1. The normalized spacial score (nSPS) is 10.9. The van der Waals surface area contributed by atoms with Crippen LogP contribution < -0.4 is 11.1 Å². The number of sulfone groups is 1. The lowest BCUT2D eigenvalue weighted by Crippen LogP contribution is -2.29. The molecule has 0 aliphatic carbocycles. The number of carbonyl (C=O) groups is 2. The summed E-state index contributed by atoms with van der Waals surface area (Å²) < 4.78 is 23.0. The van der Waals surface area contributed by atoms with Crippen LogP contribution in [0, 0.1) is 0 Å². The summed E-state index contributed by atoms with van der Waals surface area (Å²) in [7, 11) is -3.26. The molecule has 6 nitrogen and oxygen atoms in total. The molecule has 0 saturated carbocycles. The highest BCUT2D eigenvalue weighted by atomic mass is 32.2. The molecule has 7 heteroatoms. The van der Waals surface area contributed by atoms with Gasteiger partial charge in [-0.05, 0) is 24.3 Å². The fourth-order valence-corrected chi connectivity index (χ4v) is 1.99. The Kier molecular flexibility index (Phi) is 3.84. The first kappa shape index (κ1) is 13.2. The van der Waals surface area contributed by atoms with E-state index in [-0.39, 0.29) is 10.6 Å². The van der Waals surface area contributed by atoms with Gasteiger partial charge in [-0.1, -0.05) is 6.92 Å². The highest BCUT2D eigenvalue weighted by Crippen LogP contribution is 2.15. The number of benzene rings is 1. The first-order valence-electron chi connectivity index (χ1n) is 4.80. The molecule has 0 unspecified atom stereocenters. The third-order valence-electron chi connectivity index (χ3n) is 2.08. The van der Waals surface area contributed by atoms with Gasteiger partial charge in [-0.25, -0.2) is 8.42 Å². The van der Waals surface area contributed by atoms with Crippen LogP contribution in [0.25, 0.3) is 0 Å². The second-order valence-electron chi connectivity index (χ2n) is 3.25. The summed E-state index contributed by atoms with van der Waals surface area (Å²) in [6, 6.07) is 5.50. The van der Waals surface area contributed by atoms with Gasteiger partial charge in [-0.2, -0.15) is 0 Å². The molecule has 0 aromatic heterocycles. The van der Waals surface area contributed by atoms with Crippen LogP contribution in [-0.2, 0) is 19.4 Å². The lowest BCUT2D eigenvalue weighted by Gasteiger charge is -2.04. The van der Waals surface area contributed by atoms with Crippen LogP contribution in [0.3, 0.4) is 0 Å². The van der Waals surface area contributed by atoms with Crippen LogP contribution in [0.1, 0.15) is 6.92 Å². The highest BCUT2D eigenvalue weighted by molar-refractivity contribution is 7.91.